The van der Waals surface area contributed by atoms with E-state index in [-0.39, 0.29) is 0 Å². The first-order valence-electron chi connectivity index (χ1n) is 5.89. The fourth-order valence-electron chi connectivity index (χ4n) is 2.31. The Kier molecular flexibility index (Phi) is 6.10. The average molecular weight is 247 g/mol. The summed E-state index contributed by atoms with van der Waals surface area (Å²) in [5, 5.41) is 1.18. The van der Waals surface area contributed by atoms with Crippen molar-refractivity contribution in [1.82, 2.24) is 0 Å². The van der Waals surface area contributed by atoms with Crippen LogP contribution in [-0.4, -0.2) is 5.33 Å². The van der Waals surface area contributed by atoms with Crippen molar-refractivity contribution in [2.24, 2.45) is 11.8 Å². The molecule has 0 amide bonds. The third-order valence-electron chi connectivity index (χ3n) is 3.30. The Morgan fingerprint density at radius 2 is 1.92 bits per heavy atom. The average Bonchev–Trinajstić information content (AvgIpc) is 2.19. The van der Waals surface area contributed by atoms with Gasteiger partial charge in [-0.25, -0.2) is 0 Å². The predicted octanol–water partition coefficient (Wildman–Crippen LogP) is 4.77. The molecule has 0 radical (unpaired) electrons. The fraction of sp³-hybridized carbons (Fsp3) is 1.00. The van der Waals surface area contributed by atoms with E-state index in [0.717, 1.165) is 11.8 Å². The van der Waals surface area contributed by atoms with Crippen LogP contribution in [0.25, 0.3) is 0 Å². The van der Waals surface area contributed by atoms with Crippen LogP contribution in [0.2, 0.25) is 0 Å². The van der Waals surface area contributed by atoms with Gasteiger partial charge in [0, 0.05) is 5.33 Å². The number of hydrogen-bond acceptors (Lipinski definition) is 0. The quantitative estimate of drug-likeness (QED) is 0.614. The molecule has 0 aliphatic heterocycles. The van der Waals surface area contributed by atoms with Crippen LogP contribution in [-0.2, 0) is 0 Å². The first-order chi connectivity index (χ1) is 6.33. The minimum absolute atomic E-state index is 0.878. The molecule has 0 aromatic heterocycles. The summed E-state index contributed by atoms with van der Waals surface area (Å²) in [6.07, 6.45) is 11.9. The molecule has 1 heteroatoms. The second-order valence-corrected chi connectivity index (χ2v) is 5.34. The summed E-state index contributed by atoms with van der Waals surface area (Å²) in [6.45, 7) is 2.34. The van der Waals surface area contributed by atoms with Gasteiger partial charge in [0.1, 0.15) is 0 Å². The standard InChI is InChI=1S/C12H23Br/c1-11(10-13)6-5-9-12-7-3-2-4-8-12/h11-12H,2-10H2,1H3. The van der Waals surface area contributed by atoms with Gasteiger partial charge in [-0.15, -0.1) is 0 Å². The maximum atomic E-state index is 3.54. The molecule has 78 valence electrons. The lowest BCUT2D eigenvalue weighted by atomic mass is 9.85. The van der Waals surface area contributed by atoms with E-state index in [0.29, 0.717) is 0 Å². The molecule has 0 bridgehead atoms. The molecule has 0 spiro atoms. The van der Waals surface area contributed by atoms with Crippen molar-refractivity contribution in [3.8, 4) is 0 Å². The number of halogens is 1. The third-order valence-corrected chi connectivity index (χ3v) is 4.40. The lowest BCUT2D eigenvalue weighted by molar-refractivity contribution is 0.323. The van der Waals surface area contributed by atoms with E-state index in [1.54, 1.807) is 0 Å². The van der Waals surface area contributed by atoms with Crippen LogP contribution in [0.4, 0.5) is 0 Å². The van der Waals surface area contributed by atoms with E-state index >= 15 is 0 Å². The lowest BCUT2D eigenvalue weighted by Crippen LogP contribution is -2.06. The van der Waals surface area contributed by atoms with Crippen molar-refractivity contribution >= 4 is 15.9 Å². The second kappa shape index (κ2) is 6.86. The molecule has 1 rings (SSSR count). The second-order valence-electron chi connectivity index (χ2n) is 4.69. The molecule has 1 atom stereocenters. The molecule has 1 fully saturated rings. The maximum absolute atomic E-state index is 3.54. The predicted molar refractivity (Wildman–Crippen MR) is 63.4 cm³/mol. The Morgan fingerprint density at radius 1 is 1.23 bits per heavy atom. The van der Waals surface area contributed by atoms with Crippen molar-refractivity contribution < 1.29 is 0 Å². The van der Waals surface area contributed by atoms with Crippen molar-refractivity contribution in [3.63, 3.8) is 0 Å². The highest BCUT2D eigenvalue weighted by Gasteiger charge is 2.12. The van der Waals surface area contributed by atoms with Crippen LogP contribution in [0, 0.1) is 11.8 Å². The lowest BCUT2D eigenvalue weighted by Gasteiger charge is -2.21. The summed E-state index contributed by atoms with van der Waals surface area (Å²) in [4.78, 5) is 0. The first-order valence-corrected chi connectivity index (χ1v) is 7.01. The van der Waals surface area contributed by atoms with E-state index in [1.807, 2.05) is 0 Å². The maximum Gasteiger partial charge on any atom is 0.00570 e. The number of alkyl halides is 1. The Balaban J connectivity index is 1.98. The Hall–Kier alpha value is 0.480. The van der Waals surface area contributed by atoms with E-state index in [9.17, 15) is 0 Å². The van der Waals surface area contributed by atoms with Crippen LogP contribution < -0.4 is 0 Å². The normalized spacial score (nSPS) is 21.7. The van der Waals surface area contributed by atoms with Gasteiger partial charge in [-0.1, -0.05) is 67.8 Å². The van der Waals surface area contributed by atoms with E-state index in [1.165, 1.54) is 56.7 Å². The zero-order chi connectivity index (χ0) is 9.52. The van der Waals surface area contributed by atoms with E-state index < -0.39 is 0 Å². The van der Waals surface area contributed by atoms with Gasteiger partial charge in [0.25, 0.3) is 0 Å². The van der Waals surface area contributed by atoms with Gasteiger partial charge in [-0.2, -0.15) is 0 Å². The number of rotatable bonds is 5. The highest BCUT2D eigenvalue weighted by molar-refractivity contribution is 9.09. The topological polar surface area (TPSA) is 0 Å². The van der Waals surface area contributed by atoms with Crippen molar-refractivity contribution in [3.05, 3.63) is 0 Å². The van der Waals surface area contributed by atoms with Gasteiger partial charge in [-0.05, 0) is 18.3 Å². The molecule has 1 aliphatic rings. The van der Waals surface area contributed by atoms with Gasteiger partial charge in [0.05, 0.1) is 0 Å². The summed E-state index contributed by atoms with van der Waals surface area (Å²) < 4.78 is 0. The summed E-state index contributed by atoms with van der Waals surface area (Å²) in [6, 6.07) is 0. The Morgan fingerprint density at radius 3 is 2.54 bits per heavy atom. The fourth-order valence-corrected chi connectivity index (χ4v) is 2.63. The Bertz CT molecular complexity index is 116. The summed E-state index contributed by atoms with van der Waals surface area (Å²) in [7, 11) is 0. The monoisotopic (exact) mass is 246 g/mol. The molecule has 1 saturated carbocycles. The van der Waals surface area contributed by atoms with Crippen molar-refractivity contribution in [2.45, 2.75) is 58.3 Å². The highest BCUT2D eigenvalue weighted by atomic mass is 79.9. The smallest absolute Gasteiger partial charge is 0.00570 e. The molecule has 0 N–H and O–H groups in total. The first kappa shape index (κ1) is 11.6. The van der Waals surface area contributed by atoms with E-state index in [2.05, 4.69) is 22.9 Å². The highest BCUT2D eigenvalue weighted by Crippen LogP contribution is 2.28. The van der Waals surface area contributed by atoms with Gasteiger partial charge in [0.15, 0.2) is 0 Å². The minimum atomic E-state index is 0.878. The van der Waals surface area contributed by atoms with Crippen LogP contribution in [0.5, 0.6) is 0 Å². The van der Waals surface area contributed by atoms with Crippen LogP contribution in [0.1, 0.15) is 58.3 Å². The molecule has 1 aliphatic carbocycles. The third kappa shape index (κ3) is 5.05. The molecular weight excluding hydrogens is 224 g/mol. The molecule has 0 heterocycles. The molecule has 0 nitrogen and oxygen atoms in total. The molecule has 0 saturated heterocycles. The zero-order valence-electron chi connectivity index (χ0n) is 8.90. The molecular formula is C12H23Br. The van der Waals surface area contributed by atoms with Gasteiger partial charge >= 0.3 is 0 Å². The molecule has 0 aromatic carbocycles. The van der Waals surface area contributed by atoms with E-state index in [4.69, 9.17) is 0 Å². The van der Waals surface area contributed by atoms with Gasteiger partial charge < -0.3 is 0 Å². The van der Waals surface area contributed by atoms with Crippen LogP contribution in [0.15, 0.2) is 0 Å². The van der Waals surface area contributed by atoms with Crippen molar-refractivity contribution in [1.29, 1.82) is 0 Å². The van der Waals surface area contributed by atoms with Gasteiger partial charge in [0.2, 0.25) is 0 Å². The minimum Gasteiger partial charge on any atom is -0.0925 e. The zero-order valence-corrected chi connectivity index (χ0v) is 10.5. The molecule has 0 aromatic rings. The molecule has 13 heavy (non-hydrogen) atoms. The Labute approximate surface area is 91.6 Å². The largest absolute Gasteiger partial charge is 0.0925 e. The van der Waals surface area contributed by atoms with Gasteiger partial charge in [-0.3, -0.25) is 0 Å². The summed E-state index contributed by atoms with van der Waals surface area (Å²) in [5.74, 6) is 1.96. The van der Waals surface area contributed by atoms with Crippen molar-refractivity contribution in [2.75, 3.05) is 5.33 Å². The molecule has 1 unspecified atom stereocenters. The SMILES string of the molecule is CC(CBr)CCCC1CCCCC1. The van der Waals surface area contributed by atoms with Crippen LogP contribution in [0.3, 0.4) is 0 Å². The summed E-state index contributed by atoms with van der Waals surface area (Å²) >= 11 is 3.54. The van der Waals surface area contributed by atoms with Crippen LogP contribution >= 0.6 is 15.9 Å². The number of hydrogen-bond donors (Lipinski definition) is 0. The summed E-state index contributed by atoms with van der Waals surface area (Å²) in [5.41, 5.74) is 0.